The number of benzene rings is 1. The van der Waals surface area contributed by atoms with Crippen molar-refractivity contribution >= 4 is 11.6 Å². The number of carbonyl (C=O) groups excluding carboxylic acids is 1. The molecule has 1 aromatic carbocycles. The van der Waals surface area contributed by atoms with E-state index in [2.05, 4.69) is 5.16 Å². The third-order valence-corrected chi connectivity index (χ3v) is 3.07. The number of likely N-dealkylation sites (tertiary alicyclic amines) is 1. The highest BCUT2D eigenvalue weighted by Gasteiger charge is 2.23. The van der Waals surface area contributed by atoms with Crippen molar-refractivity contribution in [1.82, 2.24) is 4.90 Å². The van der Waals surface area contributed by atoms with Crippen molar-refractivity contribution in [3.8, 4) is 0 Å². The van der Waals surface area contributed by atoms with E-state index >= 15 is 0 Å². The fourth-order valence-corrected chi connectivity index (χ4v) is 2.15. The fraction of sp³-hybridized carbons (Fsp3) is 0.429. The second-order valence-corrected chi connectivity index (χ2v) is 4.34. The summed E-state index contributed by atoms with van der Waals surface area (Å²) in [5.74, 6) is 0.350. The molecule has 0 amide bonds. The van der Waals surface area contributed by atoms with Crippen LogP contribution >= 0.6 is 0 Å². The SMILES string of the molecule is CO/N=C(/C(=O)c1ccccc1)N1CCCCC1. The number of piperidine rings is 1. The van der Waals surface area contributed by atoms with Gasteiger partial charge >= 0.3 is 0 Å². The molecule has 0 atom stereocenters. The summed E-state index contributed by atoms with van der Waals surface area (Å²) >= 11 is 0. The molecule has 2 rings (SSSR count). The minimum Gasteiger partial charge on any atom is -0.397 e. The number of oxime groups is 1. The Morgan fingerprint density at radius 3 is 2.44 bits per heavy atom. The number of hydrogen-bond acceptors (Lipinski definition) is 3. The zero-order chi connectivity index (χ0) is 12.8. The number of hydrogen-bond donors (Lipinski definition) is 0. The molecule has 0 spiro atoms. The molecule has 18 heavy (non-hydrogen) atoms. The second kappa shape index (κ2) is 6.19. The highest BCUT2D eigenvalue weighted by atomic mass is 16.6. The standard InChI is InChI=1S/C14H18N2O2/c1-18-15-14(16-10-6-3-7-11-16)13(17)12-8-4-2-5-9-12/h2,4-5,8-9H,3,6-7,10-11H2,1H3/b15-14-. The minimum atomic E-state index is -0.0700. The van der Waals surface area contributed by atoms with Gasteiger partial charge in [0.05, 0.1) is 0 Å². The van der Waals surface area contributed by atoms with E-state index in [-0.39, 0.29) is 5.78 Å². The zero-order valence-corrected chi connectivity index (χ0v) is 10.6. The quantitative estimate of drug-likeness (QED) is 0.356. The Kier molecular flexibility index (Phi) is 4.34. The van der Waals surface area contributed by atoms with Crippen molar-refractivity contribution in [2.24, 2.45) is 5.16 Å². The first kappa shape index (κ1) is 12.6. The van der Waals surface area contributed by atoms with E-state index in [1.54, 1.807) is 12.1 Å². The lowest BCUT2D eigenvalue weighted by Gasteiger charge is -2.28. The lowest BCUT2D eigenvalue weighted by atomic mass is 10.1. The molecule has 1 aliphatic heterocycles. The number of nitrogens with zero attached hydrogens (tertiary/aromatic N) is 2. The maximum Gasteiger partial charge on any atom is 0.231 e. The fourth-order valence-electron chi connectivity index (χ4n) is 2.15. The van der Waals surface area contributed by atoms with Gasteiger partial charge in [-0.3, -0.25) is 4.79 Å². The molecule has 0 bridgehead atoms. The smallest absolute Gasteiger partial charge is 0.231 e. The van der Waals surface area contributed by atoms with Crippen molar-refractivity contribution in [2.75, 3.05) is 20.2 Å². The van der Waals surface area contributed by atoms with E-state index in [9.17, 15) is 4.79 Å². The van der Waals surface area contributed by atoms with E-state index in [1.807, 2.05) is 23.1 Å². The molecule has 0 saturated carbocycles. The van der Waals surface area contributed by atoms with Gasteiger partial charge < -0.3 is 9.74 Å². The molecular weight excluding hydrogens is 228 g/mol. The van der Waals surface area contributed by atoms with Crippen molar-refractivity contribution in [3.05, 3.63) is 35.9 Å². The summed E-state index contributed by atoms with van der Waals surface area (Å²) in [6, 6.07) is 9.21. The highest BCUT2D eigenvalue weighted by molar-refractivity contribution is 6.44. The maximum atomic E-state index is 12.4. The van der Waals surface area contributed by atoms with Gasteiger partial charge in [0.15, 0.2) is 0 Å². The molecule has 96 valence electrons. The van der Waals surface area contributed by atoms with E-state index in [1.165, 1.54) is 13.5 Å². The number of ketones is 1. The van der Waals surface area contributed by atoms with Crippen LogP contribution in [0.3, 0.4) is 0 Å². The predicted octanol–water partition coefficient (Wildman–Crippen LogP) is 2.32. The predicted molar refractivity (Wildman–Crippen MR) is 70.6 cm³/mol. The van der Waals surface area contributed by atoms with Gasteiger partial charge in [0.25, 0.3) is 0 Å². The molecule has 1 saturated heterocycles. The number of rotatable bonds is 3. The van der Waals surface area contributed by atoms with Crippen LogP contribution < -0.4 is 0 Å². The summed E-state index contributed by atoms with van der Waals surface area (Å²) in [6.45, 7) is 1.75. The Labute approximate surface area is 107 Å². The van der Waals surface area contributed by atoms with Gasteiger partial charge in [-0.2, -0.15) is 0 Å². The summed E-state index contributed by atoms with van der Waals surface area (Å²) in [6.07, 6.45) is 3.42. The molecular formula is C14H18N2O2. The van der Waals surface area contributed by atoms with Gasteiger partial charge in [-0.05, 0) is 19.3 Å². The molecule has 4 nitrogen and oxygen atoms in total. The average molecular weight is 246 g/mol. The van der Waals surface area contributed by atoms with Crippen LogP contribution in [0.15, 0.2) is 35.5 Å². The summed E-state index contributed by atoms with van der Waals surface area (Å²) in [5.41, 5.74) is 0.652. The van der Waals surface area contributed by atoms with Crippen molar-refractivity contribution in [2.45, 2.75) is 19.3 Å². The Hall–Kier alpha value is -1.84. The lowest BCUT2D eigenvalue weighted by molar-refractivity contribution is 0.103. The maximum absolute atomic E-state index is 12.4. The van der Waals surface area contributed by atoms with Crippen LogP contribution in [0.2, 0.25) is 0 Å². The van der Waals surface area contributed by atoms with Crippen LogP contribution in [0.4, 0.5) is 0 Å². The molecule has 0 radical (unpaired) electrons. The Balaban J connectivity index is 2.20. The first-order valence-electron chi connectivity index (χ1n) is 6.29. The molecule has 1 aliphatic rings. The normalized spacial score (nSPS) is 16.5. The Morgan fingerprint density at radius 2 is 1.83 bits per heavy atom. The van der Waals surface area contributed by atoms with E-state index in [0.717, 1.165) is 25.9 Å². The van der Waals surface area contributed by atoms with Gasteiger partial charge in [-0.25, -0.2) is 0 Å². The summed E-state index contributed by atoms with van der Waals surface area (Å²) in [5, 5.41) is 3.92. The topological polar surface area (TPSA) is 41.9 Å². The van der Waals surface area contributed by atoms with E-state index < -0.39 is 0 Å². The summed E-state index contributed by atoms with van der Waals surface area (Å²) < 4.78 is 0. The summed E-state index contributed by atoms with van der Waals surface area (Å²) in [7, 11) is 1.47. The molecule has 0 unspecified atom stereocenters. The van der Waals surface area contributed by atoms with Gasteiger partial charge in [0, 0.05) is 18.7 Å². The molecule has 1 aromatic rings. The van der Waals surface area contributed by atoms with Crippen molar-refractivity contribution in [3.63, 3.8) is 0 Å². The van der Waals surface area contributed by atoms with E-state index in [4.69, 9.17) is 4.84 Å². The largest absolute Gasteiger partial charge is 0.397 e. The molecule has 4 heteroatoms. The lowest BCUT2D eigenvalue weighted by Crippen LogP contribution is -2.40. The average Bonchev–Trinajstić information content (AvgIpc) is 2.46. The number of Topliss-reactive ketones (excluding diaryl/α,β-unsaturated/α-hetero) is 1. The van der Waals surface area contributed by atoms with Crippen LogP contribution in [0, 0.1) is 0 Å². The van der Waals surface area contributed by atoms with Crippen LogP contribution in [0.25, 0.3) is 0 Å². The first-order valence-corrected chi connectivity index (χ1v) is 6.29. The third-order valence-electron chi connectivity index (χ3n) is 3.07. The van der Waals surface area contributed by atoms with Gasteiger partial charge in [-0.1, -0.05) is 35.5 Å². The number of amidine groups is 1. The van der Waals surface area contributed by atoms with Gasteiger partial charge in [0.1, 0.15) is 7.11 Å². The van der Waals surface area contributed by atoms with Gasteiger partial charge in [-0.15, -0.1) is 0 Å². The Bertz CT molecular complexity index is 423. The monoisotopic (exact) mass is 246 g/mol. The minimum absolute atomic E-state index is 0.0700. The van der Waals surface area contributed by atoms with Crippen LogP contribution in [-0.4, -0.2) is 36.7 Å². The van der Waals surface area contributed by atoms with Crippen LogP contribution in [0.1, 0.15) is 29.6 Å². The third kappa shape index (κ3) is 2.88. The van der Waals surface area contributed by atoms with Gasteiger partial charge in [0.2, 0.25) is 11.6 Å². The molecule has 0 aliphatic carbocycles. The second-order valence-electron chi connectivity index (χ2n) is 4.34. The molecule has 1 heterocycles. The molecule has 1 fully saturated rings. The van der Waals surface area contributed by atoms with Crippen molar-refractivity contribution in [1.29, 1.82) is 0 Å². The zero-order valence-electron chi connectivity index (χ0n) is 10.6. The van der Waals surface area contributed by atoms with E-state index in [0.29, 0.717) is 11.4 Å². The Morgan fingerprint density at radius 1 is 1.17 bits per heavy atom. The highest BCUT2D eigenvalue weighted by Crippen LogP contribution is 2.12. The molecule has 0 N–H and O–H groups in total. The number of carbonyl (C=O) groups is 1. The van der Waals surface area contributed by atoms with Crippen LogP contribution in [-0.2, 0) is 4.84 Å². The summed E-state index contributed by atoms with van der Waals surface area (Å²) in [4.78, 5) is 19.2. The van der Waals surface area contributed by atoms with Crippen molar-refractivity contribution < 1.29 is 9.63 Å². The van der Waals surface area contributed by atoms with Crippen LogP contribution in [0.5, 0.6) is 0 Å². The molecule has 0 aromatic heterocycles. The first-order chi connectivity index (χ1) is 8.83.